The second-order valence-electron chi connectivity index (χ2n) is 9.84. The predicted molar refractivity (Wildman–Crippen MR) is 156 cm³/mol. The van der Waals surface area contributed by atoms with Gasteiger partial charge in [-0.15, -0.1) is 0 Å². The molecular formula is C30H37N3O3S. The average molecular weight is 520 g/mol. The van der Waals surface area contributed by atoms with E-state index >= 15 is 0 Å². The quantitative estimate of drug-likeness (QED) is 0.236. The molecule has 3 aromatic rings. The molecule has 0 aromatic heterocycles. The van der Waals surface area contributed by atoms with E-state index in [2.05, 4.69) is 40.3 Å². The number of carbonyl (C=O) groups is 2. The molecule has 0 saturated heterocycles. The number of urea groups is 1. The molecule has 3 rings (SSSR count). The second kappa shape index (κ2) is 12.7. The van der Waals surface area contributed by atoms with E-state index in [1.54, 1.807) is 0 Å². The highest BCUT2D eigenvalue weighted by Crippen LogP contribution is 2.30. The molecule has 2 unspecified atom stereocenters. The Balaban J connectivity index is 1.69. The molecule has 0 aliphatic rings. The van der Waals surface area contributed by atoms with Gasteiger partial charge in [-0.1, -0.05) is 84.5 Å². The van der Waals surface area contributed by atoms with Gasteiger partial charge < -0.3 is 15.7 Å². The summed E-state index contributed by atoms with van der Waals surface area (Å²) in [6.07, 6.45) is 0.343. The number of benzene rings is 3. The van der Waals surface area contributed by atoms with Crippen molar-refractivity contribution in [2.24, 2.45) is 5.92 Å². The normalized spacial score (nSPS) is 12.7. The molecule has 37 heavy (non-hydrogen) atoms. The van der Waals surface area contributed by atoms with Crippen molar-refractivity contribution >= 4 is 34.2 Å². The number of aryl methyl sites for hydroxylation is 3. The molecule has 0 fully saturated rings. The maximum absolute atomic E-state index is 12.1. The molecule has 0 radical (unpaired) electrons. The molecule has 4 N–H and O–H groups in total. The lowest BCUT2D eigenvalue weighted by Crippen LogP contribution is -2.35. The molecule has 3 aromatic carbocycles. The Kier molecular flexibility index (Phi) is 9.66. The van der Waals surface area contributed by atoms with Gasteiger partial charge in [-0.2, -0.15) is 0 Å². The summed E-state index contributed by atoms with van der Waals surface area (Å²) in [5.74, 6) is 3.72. The molecule has 0 aliphatic carbocycles. The molecule has 0 saturated carbocycles. The van der Waals surface area contributed by atoms with E-state index in [4.69, 9.17) is 0 Å². The Bertz CT molecular complexity index is 1260. The molecule has 0 aliphatic heterocycles. The average Bonchev–Trinajstić information content (AvgIpc) is 2.82. The van der Waals surface area contributed by atoms with Crippen LogP contribution in [0.3, 0.4) is 0 Å². The Morgan fingerprint density at radius 3 is 2.19 bits per heavy atom. The molecule has 2 amide bonds. The van der Waals surface area contributed by atoms with Crippen molar-refractivity contribution in [3.8, 4) is 11.1 Å². The van der Waals surface area contributed by atoms with Gasteiger partial charge in [-0.3, -0.25) is 9.52 Å². The summed E-state index contributed by atoms with van der Waals surface area (Å²) < 4.78 is 3.24. The molecule has 0 heterocycles. The number of hydrogen-bond donors (Lipinski definition) is 4. The molecule has 0 spiro atoms. The first-order chi connectivity index (χ1) is 17.5. The van der Waals surface area contributed by atoms with E-state index in [0.717, 1.165) is 32.7 Å². The van der Waals surface area contributed by atoms with Gasteiger partial charge in [0.25, 0.3) is 0 Å². The van der Waals surface area contributed by atoms with Crippen LogP contribution < -0.4 is 15.4 Å². The minimum atomic E-state index is -0.901. The van der Waals surface area contributed by atoms with Crippen molar-refractivity contribution in [1.82, 2.24) is 10.0 Å². The van der Waals surface area contributed by atoms with Crippen LogP contribution in [0.4, 0.5) is 10.5 Å². The van der Waals surface area contributed by atoms with Crippen LogP contribution in [0.2, 0.25) is 0 Å². The zero-order chi connectivity index (χ0) is 27.1. The smallest absolute Gasteiger partial charge is 0.321 e. The first-order valence-electron chi connectivity index (χ1n) is 12.4. The third-order valence-electron chi connectivity index (χ3n) is 5.95. The van der Waals surface area contributed by atoms with Crippen LogP contribution in [0.25, 0.3) is 11.1 Å². The zero-order valence-corrected chi connectivity index (χ0v) is 23.0. The highest BCUT2D eigenvalue weighted by atomic mass is 32.2. The van der Waals surface area contributed by atoms with Crippen molar-refractivity contribution in [3.63, 3.8) is 0 Å². The van der Waals surface area contributed by atoms with Crippen LogP contribution in [0.1, 0.15) is 36.1 Å². The largest absolute Gasteiger partial charge is 0.480 e. The van der Waals surface area contributed by atoms with Gasteiger partial charge in [0.2, 0.25) is 0 Å². The van der Waals surface area contributed by atoms with Crippen LogP contribution in [0.15, 0.2) is 65.6 Å². The fourth-order valence-electron chi connectivity index (χ4n) is 4.28. The van der Waals surface area contributed by atoms with E-state index in [1.807, 2.05) is 76.2 Å². The fourth-order valence-corrected chi connectivity index (χ4v) is 5.82. The van der Waals surface area contributed by atoms with Gasteiger partial charge in [-0.25, -0.2) is 4.79 Å². The lowest BCUT2D eigenvalue weighted by Gasteiger charge is -2.21. The van der Waals surface area contributed by atoms with Gasteiger partial charge in [0.15, 0.2) is 0 Å². The predicted octanol–water partition coefficient (Wildman–Crippen LogP) is 6.32. The number of nitrogens with one attached hydrogen (secondary N) is 3. The molecule has 196 valence electrons. The van der Waals surface area contributed by atoms with Crippen LogP contribution >= 0.6 is 10.7 Å². The first kappa shape index (κ1) is 28.2. The second-order valence-corrected chi connectivity index (χ2v) is 11.3. The lowest BCUT2D eigenvalue weighted by molar-refractivity contribution is -0.138. The number of aliphatic carboxylic acids is 1. The molecular weight excluding hydrogens is 482 g/mol. The van der Waals surface area contributed by atoms with Crippen LogP contribution in [0, 0.1) is 26.7 Å². The third-order valence-corrected chi connectivity index (χ3v) is 7.66. The zero-order valence-electron chi connectivity index (χ0n) is 22.2. The summed E-state index contributed by atoms with van der Waals surface area (Å²) in [5, 5.41) is 15.6. The van der Waals surface area contributed by atoms with E-state index in [1.165, 1.54) is 5.56 Å². The van der Waals surface area contributed by atoms with Crippen LogP contribution in [-0.2, 0) is 11.2 Å². The SMILES string of the molecule is C=S(NC(Cc1ccc(-c2cccc(NC(=O)NCC(C)C)c2)cc1)C(=O)O)c1c(C)cc(C)cc1C. The highest BCUT2D eigenvalue weighted by Gasteiger charge is 2.20. The Labute approximate surface area is 222 Å². The summed E-state index contributed by atoms with van der Waals surface area (Å²) in [5.41, 5.74) is 6.99. The van der Waals surface area contributed by atoms with Gasteiger partial charge in [0, 0.05) is 17.1 Å². The molecule has 0 bridgehead atoms. The fraction of sp³-hybridized carbons (Fsp3) is 0.300. The number of amides is 2. The van der Waals surface area contributed by atoms with Gasteiger partial charge >= 0.3 is 12.0 Å². The Hall–Kier alpha value is -3.42. The van der Waals surface area contributed by atoms with Crippen LogP contribution in [0.5, 0.6) is 0 Å². The topological polar surface area (TPSA) is 90.5 Å². The van der Waals surface area contributed by atoms with Crippen molar-refractivity contribution in [2.75, 3.05) is 11.9 Å². The summed E-state index contributed by atoms with van der Waals surface area (Å²) in [4.78, 5) is 25.2. The van der Waals surface area contributed by atoms with E-state index in [9.17, 15) is 14.7 Å². The van der Waals surface area contributed by atoms with Crippen molar-refractivity contribution in [1.29, 1.82) is 0 Å². The Morgan fingerprint density at radius 1 is 0.946 bits per heavy atom. The number of carbonyl (C=O) groups excluding carboxylic acids is 1. The number of rotatable bonds is 10. The summed E-state index contributed by atoms with van der Waals surface area (Å²) in [6.45, 7) is 10.8. The summed E-state index contributed by atoms with van der Waals surface area (Å²) in [6, 6.07) is 18.7. The standard InChI is InChI=1S/C30H37N3O3S/c1-19(2)18-31-30(36)32-26-9-7-8-25(17-26)24-12-10-23(11-13-24)16-27(29(34)35)33-37(6)28-21(4)14-20(3)15-22(28)5/h7-15,17,19,27,33H,6,16,18H2,1-5H3,(H,34,35)(H2,31,32,36). The monoisotopic (exact) mass is 519 g/mol. The van der Waals surface area contributed by atoms with Crippen molar-refractivity contribution < 1.29 is 14.7 Å². The highest BCUT2D eigenvalue weighted by molar-refractivity contribution is 8.12. The summed E-state index contributed by atoms with van der Waals surface area (Å²) in [7, 11) is -0.656. The summed E-state index contributed by atoms with van der Waals surface area (Å²) >= 11 is 0. The van der Waals surface area contributed by atoms with Gasteiger partial charge in [0.05, 0.1) is 0 Å². The minimum absolute atomic E-state index is 0.228. The van der Waals surface area contributed by atoms with E-state index in [-0.39, 0.29) is 6.03 Å². The number of anilines is 1. The molecule has 7 heteroatoms. The minimum Gasteiger partial charge on any atom is -0.480 e. The third kappa shape index (κ3) is 8.03. The number of carboxylic acids is 1. The van der Waals surface area contributed by atoms with Crippen molar-refractivity contribution in [3.05, 3.63) is 82.9 Å². The van der Waals surface area contributed by atoms with Gasteiger partial charge in [-0.05, 0) is 73.1 Å². The maximum atomic E-state index is 12.1. The molecule has 2 atom stereocenters. The first-order valence-corrected chi connectivity index (χ1v) is 13.8. The lowest BCUT2D eigenvalue weighted by atomic mass is 10.0. The maximum Gasteiger partial charge on any atom is 0.321 e. The van der Waals surface area contributed by atoms with Crippen molar-refractivity contribution in [2.45, 2.75) is 52.0 Å². The van der Waals surface area contributed by atoms with E-state index in [0.29, 0.717) is 24.6 Å². The van der Waals surface area contributed by atoms with E-state index < -0.39 is 22.7 Å². The number of hydrogen-bond acceptors (Lipinski definition) is 3. The number of carboxylic acid groups (broad SMARTS) is 1. The van der Waals surface area contributed by atoms with Gasteiger partial charge in [0.1, 0.15) is 6.04 Å². The Morgan fingerprint density at radius 2 is 1.59 bits per heavy atom. The molecule has 6 nitrogen and oxygen atoms in total. The van der Waals surface area contributed by atoms with Crippen LogP contribution in [-0.4, -0.2) is 35.6 Å².